The van der Waals surface area contributed by atoms with Crippen LogP contribution in [0.5, 0.6) is 0 Å². The molecule has 1 aromatic heterocycles. The molecule has 0 aliphatic carbocycles. The Bertz CT molecular complexity index is 772. The Labute approximate surface area is 116 Å². The van der Waals surface area contributed by atoms with Gasteiger partial charge < -0.3 is 10.6 Å². The van der Waals surface area contributed by atoms with Crippen molar-refractivity contribution in [3.63, 3.8) is 0 Å². The summed E-state index contributed by atoms with van der Waals surface area (Å²) in [5, 5.41) is 0. The predicted octanol–water partition coefficient (Wildman–Crippen LogP) is 2.73. The van der Waals surface area contributed by atoms with Crippen molar-refractivity contribution in [3.05, 3.63) is 59.7 Å². The van der Waals surface area contributed by atoms with Crippen molar-refractivity contribution in [2.24, 2.45) is 0 Å². The minimum absolute atomic E-state index is 0.497. The summed E-state index contributed by atoms with van der Waals surface area (Å²) in [7, 11) is 0. The lowest BCUT2D eigenvalue weighted by atomic mass is 10.1. The maximum atomic E-state index is 6.09. The van der Waals surface area contributed by atoms with Gasteiger partial charge in [-0.2, -0.15) is 0 Å². The lowest BCUT2D eigenvalue weighted by Gasteiger charge is -2.18. The molecule has 98 valence electrons. The van der Waals surface area contributed by atoms with Gasteiger partial charge in [0.05, 0.1) is 11.0 Å². The molecule has 0 saturated heterocycles. The number of nitrogens with zero attached hydrogens (tertiary/aromatic N) is 3. The van der Waals surface area contributed by atoms with Crippen LogP contribution in [-0.2, 0) is 13.1 Å². The van der Waals surface area contributed by atoms with Crippen LogP contribution in [0.3, 0.4) is 0 Å². The molecule has 4 heteroatoms. The van der Waals surface area contributed by atoms with E-state index in [1.165, 1.54) is 11.1 Å². The number of nitrogens with two attached hydrogens (primary N) is 1. The molecule has 4 rings (SSSR count). The van der Waals surface area contributed by atoms with Crippen molar-refractivity contribution in [2.45, 2.75) is 13.1 Å². The van der Waals surface area contributed by atoms with Crippen molar-refractivity contribution in [3.8, 4) is 0 Å². The van der Waals surface area contributed by atoms with Gasteiger partial charge in [-0.15, -0.1) is 0 Å². The Morgan fingerprint density at radius 2 is 1.35 bits per heavy atom. The second-order valence-electron chi connectivity index (χ2n) is 5.05. The summed E-state index contributed by atoms with van der Waals surface area (Å²) in [6.07, 6.45) is 0. The van der Waals surface area contributed by atoms with E-state index in [0.29, 0.717) is 5.82 Å². The first-order valence-corrected chi connectivity index (χ1v) is 6.65. The van der Waals surface area contributed by atoms with Crippen LogP contribution in [-0.4, -0.2) is 9.97 Å². The number of rotatable bonds is 1. The van der Waals surface area contributed by atoms with E-state index in [1.807, 2.05) is 24.3 Å². The van der Waals surface area contributed by atoms with Crippen molar-refractivity contribution in [2.75, 3.05) is 10.6 Å². The van der Waals surface area contributed by atoms with E-state index >= 15 is 0 Å². The van der Waals surface area contributed by atoms with E-state index in [2.05, 4.69) is 39.1 Å². The highest BCUT2D eigenvalue weighted by Gasteiger charge is 2.22. The zero-order chi connectivity index (χ0) is 13.5. The molecule has 4 nitrogen and oxygen atoms in total. The fraction of sp³-hybridized carbons (Fsp3) is 0.125. The predicted molar refractivity (Wildman–Crippen MR) is 80.3 cm³/mol. The van der Waals surface area contributed by atoms with Crippen LogP contribution >= 0.6 is 0 Å². The molecule has 0 spiro atoms. The number of hydrogen-bond acceptors (Lipinski definition) is 4. The third-order valence-corrected chi connectivity index (χ3v) is 3.72. The molecule has 0 fully saturated rings. The number of anilines is 2. The van der Waals surface area contributed by atoms with E-state index in [0.717, 1.165) is 29.9 Å². The van der Waals surface area contributed by atoms with Gasteiger partial charge in [-0.25, -0.2) is 9.97 Å². The molecule has 0 amide bonds. The summed E-state index contributed by atoms with van der Waals surface area (Å²) in [5.74, 6) is 1.27. The van der Waals surface area contributed by atoms with Crippen LogP contribution in [0.1, 0.15) is 11.1 Å². The quantitative estimate of drug-likeness (QED) is 0.732. The van der Waals surface area contributed by atoms with Crippen LogP contribution in [0.25, 0.3) is 11.0 Å². The zero-order valence-corrected chi connectivity index (χ0v) is 11.0. The summed E-state index contributed by atoms with van der Waals surface area (Å²) in [6, 6.07) is 16.3. The molecule has 0 bridgehead atoms. The number of fused-ring (bicyclic) bond motifs is 2. The van der Waals surface area contributed by atoms with E-state index in [-0.39, 0.29) is 0 Å². The summed E-state index contributed by atoms with van der Waals surface area (Å²) in [4.78, 5) is 11.3. The Balaban J connectivity index is 1.78. The number of hydrogen-bond donors (Lipinski definition) is 1. The van der Waals surface area contributed by atoms with Crippen molar-refractivity contribution >= 4 is 22.7 Å². The molecule has 1 aliphatic rings. The first-order chi connectivity index (χ1) is 9.81. The van der Waals surface area contributed by atoms with E-state index in [4.69, 9.17) is 5.73 Å². The molecule has 2 N–H and O–H groups in total. The van der Waals surface area contributed by atoms with Gasteiger partial charge in [0.2, 0.25) is 0 Å². The maximum absolute atomic E-state index is 6.09. The monoisotopic (exact) mass is 262 g/mol. The molecular weight excluding hydrogens is 248 g/mol. The summed E-state index contributed by atoms with van der Waals surface area (Å²) >= 11 is 0. The van der Waals surface area contributed by atoms with Gasteiger partial charge >= 0.3 is 0 Å². The Morgan fingerprint density at radius 3 is 2.00 bits per heavy atom. The highest BCUT2D eigenvalue weighted by molar-refractivity contribution is 5.80. The minimum atomic E-state index is 0.497. The standard InChI is InChI=1S/C16H14N4/c17-15-16(19-14-8-4-3-7-13(14)18-15)20-9-11-5-1-2-6-12(11)10-20/h1-8H,9-10H2,(H2,17,18). The van der Waals surface area contributed by atoms with Gasteiger partial charge in [-0.05, 0) is 23.3 Å². The smallest absolute Gasteiger partial charge is 0.172 e. The van der Waals surface area contributed by atoms with E-state index < -0.39 is 0 Å². The molecule has 2 heterocycles. The van der Waals surface area contributed by atoms with Gasteiger partial charge in [0.1, 0.15) is 0 Å². The van der Waals surface area contributed by atoms with Crippen LogP contribution in [0.2, 0.25) is 0 Å². The zero-order valence-electron chi connectivity index (χ0n) is 11.0. The second kappa shape index (κ2) is 4.20. The molecule has 2 aromatic carbocycles. The van der Waals surface area contributed by atoms with Crippen LogP contribution in [0.15, 0.2) is 48.5 Å². The number of nitrogen functional groups attached to an aromatic ring is 1. The van der Waals surface area contributed by atoms with E-state index in [1.54, 1.807) is 0 Å². The first kappa shape index (κ1) is 11.2. The van der Waals surface area contributed by atoms with Crippen molar-refractivity contribution in [1.29, 1.82) is 0 Å². The Hall–Kier alpha value is -2.62. The average Bonchev–Trinajstić information content (AvgIpc) is 2.90. The Kier molecular flexibility index (Phi) is 2.36. The largest absolute Gasteiger partial charge is 0.381 e. The number of para-hydroxylation sites is 2. The van der Waals surface area contributed by atoms with E-state index in [9.17, 15) is 0 Å². The number of benzene rings is 2. The lowest BCUT2D eigenvalue weighted by molar-refractivity contribution is 0.859. The third kappa shape index (κ3) is 1.69. The summed E-state index contributed by atoms with van der Waals surface area (Å²) in [5.41, 5.74) is 10.5. The molecule has 0 saturated carbocycles. The molecule has 20 heavy (non-hydrogen) atoms. The summed E-state index contributed by atoms with van der Waals surface area (Å²) < 4.78 is 0. The molecule has 0 unspecified atom stereocenters. The normalized spacial score (nSPS) is 13.7. The van der Waals surface area contributed by atoms with Gasteiger partial charge in [-0.3, -0.25) is 0 Å². The molecule has 0 radical (unpaired) electrons. The topological polar surface area (TPSA) is 55.0 Å². The van der Waals surface area contributed by atoms with Crippen molar-refractivity contribution in [1.82, 2.24) is 9.97 Å². The fourth-order valence-corrected chi connectivity index (χ4v) is 2.72. The van der Waals surface area contributed by atoms with Crippen LogP contribution in [0.4, 0.5) is 11.6 Å². The van der Waals surface area contributed by atoms with Gasteiger partial charge in [0.15, 0.2) is 11.6 Å². The van der Waals surface area contributed by atoms with Gasteiger partial charge in [-0.1, -0.05) is 36.4 Å². The average molecular weight is 262 g/mol. The highest BCUT2D eigenvalue weighted by Crippen LogP contribution is 2.30. The van der Waals surface area contributed by atoms with Gasteiger partial charge in [0.25, 0.3) is 0 Å². The highest BCUT2D eigenvalue weighted by atomic mass is 15.2. The number of aromatic nitrogens is 2. The SMILES string of the molecule is Nc1nc2ccccc2nc1N1Cc2ccccc2C1. The minimum Gasteiger partial charge on any atom is -0.381 e. The third-order valence-electron chi connectivity index (χ3n) is 3.72. The Morgan fingerprint density at radius 1 is 0.800 bits per heavy atom. The maximum Gasteiger partial charge on any atom is 0.172 e. The molecule has 3 aromatic rings. The van der Waals surface area contributed by atoms with Crippen LogP contribution in [0, 0.1) is 0 Å². The van der Waals surface area contributed by atoms with Crippen molar-refractivity contribution < 1.29 is 0 Å². The fourth-order valence-electron chi connectivity index (χ4n) is 2.72. The van der Waals surface area contributed by atoms with Crippen LogP contribution < -0.4 is 10.6 Å². The lowest BCUT2D eigenvalue weighted by Crippen LogP contribution is -2.18. The first-order valence-electron chi connectivity index (χ1n) is 6.65. The second-order valence-corrected chi connectivity index (χ2v) is 5.05. The molecule has 1 aliphatic heterocycles. The molecular formula is C16H14N4. The van der Waals surface area contributed by atoms with Gasteiger partial charge in [0, 0.05) is 13.1 Å². The summed E-state index contributed by atoms with van der Waals surface area (Å²) in [6.45, 7) is 1.68. The molecule has 0 atom stereocenters.